The van der Waals surface area contributed by atoms with Crippen molar-refractivity contribution in [3.63, 3.8) is 0 Å². The molecule has 1 amide bonds. The van der Waals surface area contributed by atoms with Crippen molar-refractivity contribution < 1.29 is 9.18 Å². The minimum Gasteiger partial charge on any atom is -0.355 e. The molecule has 1 N–H and O–H groups in total. The third kappa shape index (κ3) is 1.42. The average molecular weight is 244 g/mol. The van der Waals surface area contributed by atoms with E-state index >= 15 is 0 Å². The molecule has 2 aromatic heterocycles. The Bertz CT molecular complexity index is 765. The molecule has 18 heavy (non-hydrogen) atoms. The molecule has 0 aliphatic heterocycles. The van der Waals surface area contributed by atoms with Gasteiger partial charge in [-0.3, -0.25) is 9.20 Å². The van der Waals surface area contributed by atoms with Crippen LogP contribution in [0.1, 0.15) is 10.4 Å². The van der Waals surface area contributed by atoms with Gasteiger partial charge >= 0.3 is 0 Å². The van der Waals surface area contributed by atoms with Gasteiger partial charge in [0.2, 0.25) is 0 Å². The highest BCUT2D eigenvalue weighted by molar-refractivity contribution is 5.98. The van der Waals surface area contributed by atoms with E-state index in [2.05, 4.69) is 15.3 Å². The summed E-state index contributed by atoms with van der Waals surface area (Å²) < 4.78 is 15.5. The van der Waals surface area contributed by atoms with Gasteiger partial charge < -0.3 is 5.32 Å². The van der Waals surface area contributed by atoms with E-state index in [1.54, 1.807) is 23.1 Å². The van der Waals surface area contributed by atoms with E-state index in [-0.39, 0.29) is 5.56 Å². The van der Waals surface area contributed by atoms with Crippen LogP contribution >= 0.6 is 0 Å². The van der Waals surface area contributed by atoms with Crippen molar-refractivity contribution in [2.75, 3.05) is 7.05 Å². The lowest BCUT2D eigenvalue weighted by Crippen LogP contribution is -2.19. The van der Waals surface area contributed by atoms with Crippen molar-refractivity contribution in [2.45, 2.75) is 0 Å². The van der Waals surface area contributed by atoms with Crippen LogP contribution in [0.3, 0.4) is 0 Å². The van der Waals surface area contributed by atoms with E-state index < -0.39 is 11.7 Å². The Morgan fingerprint density at radius 2 is 2.22 bits per heavy atom. The molecule has 0 bridgehead atoms. The van der Waals surface area contributed by atoms with E-state index in [4.69, 9.17) is 0 Å². The lowest BCUT2D eigenvalue weighted by Gasteiger charge is -2.06. The molecular weight excluding hydrogens is 235 g/mol. The standard InChI is InChI=1S/C12H9FN4O/c1-14-12(18)8-3-10-7(2-9(8)13)4-16-11-5-15-6-17(10)11/h2-6H,1H3,(H,14,18). The molecular formula is C12H9FN4O. The van der Waals surface area contributed by atoms with E-state index in [9.17, 15) is 9.18 Å². The summed E-state index contributed by atoms with van der Waals surface area (Å²) in [6, 6.07) is 2.80. The lowest BCUT2D eigenvalue weighted by atomic mass is 10.1. The highest BCUT2D eigenvalue weighted by atomic mass is 19.1. The highest BCUT2D eigenvalue weighted by Gasteiger charge is 2.13. The Morgan fingerprint density at radius 3 is 3.00 bits per heavy atom. The number of aromatic nitrogens is 3. The Kier molecular flexibility index (Phi) is 2.22. The molecule has 3 aromatic rings. The van der Waals surface area contributed by atoms with Crippen molar-refractivity contribution in [3.05, 3.63) is 42.2 Å². The Labute approximate surface area is 101 Å². The molecule has 0 spiro atoms. The van der Waals surface area contributed by atoms with Crippen LogP contribution in [-0.2, 0) is 0 Å². The zero-order chi connectivity index (χ0) is 12.7. The van der Waals surface area contributed by atoms with Crippen LogP contribution in [0.2, 0.25) is 0 Å². The smallest absolute Gasteiger partial charge is 0.254 e. The Hall–Kier alpha value is -2.50. The minimum absolute atomic E-state index is 0.00574. The fourth-order valence-electron chi connectivity index (χ4n) is 1.90. The van der Waals surface area contributed by atoms with Gasteiger partial charge in [-0.25, -0.2) is 14.4 Å². The van der Waals surface area contributed by atoms with Crippen molar-refractivity contribution in [1.82, 2.24) is 19.7 Å². The predicted molar refractivity (Wildman–Crippen MR) is 63.8 cm³/mol. The molecule has 2 heterocycles. The molecule has 90 valence electrons. The summed E-state index contributed by atoms with van der Waals surface area (Å²) in [5.74, 6) is -1.03. The zero-order valence-corrected chi connectivity index (χ0v) is 9.51. The van der Waals surface area contributed by atoms with Crippen LogP contribution in [0.15, 0.2) is 30.9 Å². The summed E-state index contributed by atoms with van der Waals surface area (Å²) in [6.45, 7) is 0. The monoisotopic (exact) mass is 244 g/mol. The molecule has 3 rings (SSSR count). The zero-order valence-electron chi connectivity index (χ0n) is 9.51. The maximum Gasteiger partial charge on any atom is 0.254 e. The highest BCUT2D eigenvalue weighted by Crippen LogP contribution is 2.19. The number of carbonyl (C=O) groups excluding carboxylic acids is 1. The maximum atomic E-state index is 13.8. The van der Waals surface area contributed by atoms with Crippen molar-refractivity contribution >= 4 is 22.5 Å². The molecule has 0 fully saturated rings. The largest absolute Gasteiger partial charge is 0.355 e. The first kappa shape index (κ1) is 10.6. The van der Waals surface area contributed by atoms with Gasteiger partial charge in [0.1, 0.15) is 12.1 Å². The first-order valence-corrected chi connectivity index (χ1v) is 5.33. The predicted octanol–water partition coefficient (Wildman–Crippen LogP) is 1.38. The van der Waals surface area contributed by atoms with E-state index in [0.29, 0.717) is 16.6 Å². The topological polar surface area (TPSA) is 59.3 Å². The number of benzene rings is 1. The van der Waals surface area contributed by atoms with Gasteiger partial charge in [-0.05, 0) is 12.1 Å². The van der Waals surface area contributed by atoms with Gasteiger partial charge in [0, 0.05) is 18.6 Å². The van der Waals surface area contributed by atoms with Gasteiger partial charge in [-0.1, -0.05) is 0 Å². The minimum atomic E-state index is -0.567. The molecule has 0 radical (unpaired) electrons. The first-order chi connectivity index (χ1) is 8.70. The van der Waals surface area contributed by atoms with Crippen LogP contribution in [0.5, 0.6) is 0 Å². The summed E-state index contributed by atoms with van der Waals surface area (Å²) >= 11 is 0. The second kappa shape index (κ2) is 3.76. The second-order valence-corrected chi connectivity index (χ2v) is 3.85. The normalized spacial score (nSPS) is 11.0. The molecule has 0 unspecified atom stereocenters. The molecule has 0 saturated carbocycles. The molecule has 6 heteroatoms. The Morgan fingerprint density at radius 1 is 1.39 bits per heavy atom. The fraction of sp³-hybridized carbons (Fsp3) is 0.0833. The van der Waals surface area contributed by atoms with E-state index in [0.717, 1.165) is 0 Å². The third-order valence-electron chi connectivity index (χ3n) is 2.80. The molecule has 0 aliphatic carbocycles. The van der Waals surface area contributed by atoms with Gasteiger partial charge in [0.05, 0.1) is 17.3 Å². The van der Waals surface area contributed by atoms with Crippen LogP contribution < -0.4 is 5.32 Å². The van der Waals surface area contributed by atoms with Crippen LogP contribution in [-0.4, -0.2) is 27.3 Å². The van der Waals surface area contributed by atoms with Crippen LogP contribution in [0, 0.1) is 5.82 Å². The van der Waals surface area contributed by atoms with Crippen molar-refractivity contribution in [1.29, 1.82) is 0 Å². The van der Waals surface area contributed by atoms with Gasteiger partial charge in [-0.2, -0.15) is 0 Å². The number of nitrogens with zero attached hydrogens (tertiary/aromatic N) is 3. The summed E-state index contributed by atoms with van der Waals surface area (Å²) in [5, 5.41) is 3.03. The quantitative estimate of drug-likeness (QED) is 0.703. The van der Waals surface area contributed by atoms with Crippen molar-refractivity contribution in [2.24, 2.45) is 0 Å². The number of hydrogen-bond donors (Lipinski definition) is 1. The number of fused-ring (bicyclic) bond motifs is 3. The summed E-state index contributed by atoms with van der Waals surface area (Å²) in [6.07, 6.45) is 4.74. The number of carbonyl (C=O) groups is 1. The number of amides is 1. The number of hydrogen-bond acceptors (Lipinski definition) is 3. The number of halogens is 1. The van der Waals surface area contributed by atoms with Crippen LogP contribution in [0.25, 0.3) is 16.6 Å². The maximum absolute atomic E-state index is 13.8. The number of nitrogens with one attached hydrogen (secondary N) is 1. The summed E-state index contributed by atoms with van der Waals surface area (Å²) in [4.78, 5) is 19.7. The number of rotatable bonds is 1. The van der Waals surface area contributed by atoms with Gasteiger partial charge in [0.25, 0.3) is 5.91 Å². The molecule has 0 saturated heterocycles. The second-order valence-electron chi connectivity index (χ2n) is 3.85. The first-order valence-electron chi connectivity index (χ1n) is 5.33. The molecule has 1 aromatic carbocycles. The Balaban J connectivity index is 2.40. The molecule has 5 nitrogen and oxygen atoms in total. The third-order valence-corrected chi connectivity index (χ3v) is 2.80. The average Bonchev–Trinajstić information content (AvgIpc) is 2.85. The molecule has 0 atom stereocenters. The fourth-order valence-corrected chi connectivity index (χ4v) is 1.90. The SMILES string of the molecule is CNC(=O)c1cc2c(cnc3cncn32)cc1F. The van der Waals surface area contributed by atoms with Crippen molar-refractivity contribution in [3.8, 4) is 0 Å². The van der Waals surface area contributed by atoms with Gasteiger partial charge in [0.15, 0.2) is 5.65 Å². The van der Waals surface area contributed by atoms with E-state index in [1.165, 1.54) is 19.2 Å². The van der Waals surface area contributed by atoms with Crippen LogP contribution in [0.4, 0.5) is 4.39 Å². The van der Waals surface area contributed by atoms with E-state index in [1.807, 2.05) is 0 Å². The number of imidazole rings is 1. The lowest BCUT2D eigenvalue weighted by molar-refractivity contribution is 0.0959. The van der Waals surface area contributed by atoms with Gasteiger partial charge in [-0.15, -0.1) is 0 Å². The summed E-state index contributed by atoms with van der Waals surface area (Å²) in [7, 11) is 1.46. The summed E-state index contributed by atoms with van der Waals surface area (Å²) in [5.41, 5.74) is 1.35. The molecule has 0 aliphatic rings.